The highest BCUT2D eigenvalue weighted by Gasteiger charge is 2.39. The van der Waals surface area contributed by atoms with Gasteiger partial charge >= 0.3 is 0 Å². The molecule has 1 fully saturated rings. The SMILES string of the molecule is O=S1(=O)CCC(C2CC2)c2ccc(O)cc21. The Bertz CT molecular complexity index is 529. The summed E-state index contributed by atoms with van der Waals surface area (Å²) in [6.45, 7) is 0. The van der Waals surface area contributed by atoms with Crippen LogP contribution in [-0.4, -0.2) is 19.3 Å². The number of aromatic hydroxyl groups is 1. The Hall–Kier alpha value is -1.03. The van der Waals surface area contributed by atoms with Crippen LogP contribution in [-0.2, 0) is 9.84 Å². The van der Waals surface area contributed by atoms with Gasteiger partial charge in [0.05, 0.1) is 10.6 Å². The molecule has 4 heteroatoms. The second-order valence-corrected chi connectivity index (χ2v) is 6.85. The van der Waals surface area contributed by atoms with E-state index in [1.165, 1.54) is 18.9 Å². The lowest BCUT2D eigenvalue weighted by Crippen LogP contribution is -2.21. The first-order valence-corrected chi connectivity index (χ1v) is 7.29. The van der Waals surface area contributed by atoms with Crippen molar-refractivity contribution >= 4 is 9.84 Å². The highest BCUT2D eigenvalue weighted by molar-refractivity contribution is 7.91. The normalized spacial score (nSPS) is 27.4. The minimum atomic E-state index is -3.16. The summed E-state index contributed by atoms with van der Waals surface area (Å²) in [4.78, 5) is 0.357. The average molecular weight is 238 g/mol. The lowest BCUT2D eigenvalue weighted by atomic mass is 9.91. The van der Waals surface area contributed by atoms with E-state index in [2.05, 4.69) is 0 Å². The molecule has 1 aliphatic carbocycles. The van der Waals surface area contributed by atoms with E-state index in [4.69, 9.17) is 0 Å². The molecular weight excluding hydrogens is 224 g/mol. The molecule has 0 radical (unpaired) electrons. The molecule has 1 aromatic carbocycles. The molecule has 0 aromatic heterocycles. The first-order chi connectivity index (χ1) is 7.58. The number of rotatable bonds is 1. The predicted octanol–water partition coefficient (Wildman–Crippen LogP) is 2.06. The molecule has 1 aromatic rings. The molecule has 86 valence electrons. The summed E-state index contributed by atoms with van der Waals surface area (Å²) in [5.41, 5.74) is 0.923. The zero-order valence-electron chi connectivity index (χ0n) is 8.89. The van der Waals surface area contributed by atoms with Crippen molar-refractivity contribution in [1.29, 1.82) is 0 Å². The number of phenols is 1. The van der Waals surface area contributed by atoms with E-state index in [-0.39, 0.29) is 11.5 Å². The smallest absolute Gasteiger partial charge is 0.178 e. The Balaban J connectivity index is 2.17. The summed E-state index contributed by atoms with van der Waals surface area (Å²) in [6.07, 6.45) is 3.17. The third-order valence-electron chi connectivity index (χ3n) is 3.62. The van der Waals surface area contributed by atoms with Gasteiger partial charge in [0.1, 0.15) is 5.75 Å². The zero-order valence-corrected chi connectivity index (χ0v) is 9.70. The highest BCUT2D eigenvalue weighted by atomic mass is 32.2. The number of fused-ring (bicyclic) bond motifs is 1. The largest absolute Gasteiger partial charge is 0.508 e. The number of hydrogen-bond donors (Lipinski definition) is 1. The minimum Gasteiger partial charge on any atom is -0.508 e. The fourth-order valence-corrected chi connectivity index (χ4v) is 4.30. The van der Waals surface area contributed by atoms with E-state index >= 15 is 0 Å². The monoisotopic (exact) mass is 238 g/mol. The predicted molar refractivity (Wildman–Crippen MR) is 60.2 cm³/mol. The van der Waals surface area contributed by atoms with Crippen LogP contribution in [0.2, 0.25) is 0 Å². The Morgan fingerprint density at radius 1 is 1.19 bits per heavy atom. The van der Waals surface area contributed by atoms with E-state index < -0.39 is 9.84 Å². The second kappa shape index (κ2) is 3.23. The quantitative estimate of drug-likeness (QED) is 0.814. The molecule has 0 bridgehead atoms. The molecule has 1 N–H and O–H groups in total. The molecule has 3 nitrogen and oxygen atoms in total. The Morgan fingerprint density at radius 3 is 2.62 bits per heavy atom. The summed E-state index contributed by atoms with van der Waals surface area (Å²) >= 11 is 0. The zero-order chi connectivity index (χ0) is 11.3. The van der Waals surface area contributed by atoms with Crippen LogP contribution in [0.25, 0.3) is 0 Å². The summed E-state index contributed by atoms with van der Waals surface area (Å²) < 4.78 is 23.8. The lowest BCUT2D eigenvalue weighted by Gasteiger charge is -2.25. The van der Waals surface area contributed by atoms with Crippen LogP contribution in [0.1, 0.15) is 30.7 Å². The minimum absolute atomic E-state index is 0.0405. The van der Waals surface area contributed by atoms with Crippen molar-refractivity contribution in [3.8, 4) is 5.75 Å². The van der Waals surface area contributed by atoms with Gasteiger partial charge < -0.3 is 5.11 Å². The van der Waals surface area contributed by atoms with Crippen LogP contribution in [0.4, 0.5) is 0 Å². The summed E-state index contributed by atoms with van der Waals surface area (Å²) in [5, 5.41) is 9.40. The summed E-state index contributed by atoms with van der Waals surface area (Å²) in [7, 11) is -3.16. The number of sulfone groups is 1. The van der Waals surface area contributed by atoms with Crippen LogP contribution in [0.3, 0.4) is 0 Å². The third-order valence-corrected chi connectivity index (χ3v) is 5.42. The van der Waals surface area contributed by atoms with Gasteiger partial charge in [-0.05, 0) is 48.8 Å². The molecule has 1 atom stereocenters. The fourth-order valence-electron chi connectivity index (χ4n) is 2.63. The molecule has 1 saturated carbocycles. The van der Waals surface area contributed by atoms with E-state index in [0.29, 0.717) is 16.7 Å². The van der Waals surface area contributed by atoms with Gasteiger partial charge in [0.15, 0.2) is 9.84 Å². The topological polar surface area (TPSA) is 54.4 Å². The van der Waals surface area contributed by atoms with Crippen molar-refractivity contribution in [3.05, 3.63) is 23.8 Å². The molecular formula is C12H14O3S. The average Bonchev–Trinajstić information content (AvgIpc) is 3.03. The molecule has 0 amide bonds. The maximum atomic E-state index is 11.9. The van der Waals surface area contributed by atoms with Crippen molar-refractivity contribution in [2.24, 2.45) is 5.92 Å². The van der Waals surface area contributed by atoms with Crippen LogP contribution in [0.5, 0.6) is 5.75 Å². The van der Waals surface area contributed by atoms with Crippen molar-refractivity contribution in [1.82, 2.24) is 0 Å². The molecule has 1 heterocycles. The molecule has 3 rings (SSSR count). The Kier molecular flexibility index (Phi) is 2.05. The van der Waals surface area contributed by atoms with Gasteiger partial charge in [-0.25, -0.2) is 8.42 Å². The second-order valence-electron chi connectivity index (χ2n) is 4.77. The van der Waals surface area contributed by atoms with Crippen molar-refractivity contribution < 1.29 is 13.5 Å². The van der Waals surface area contributed by atoms with Crippen LogP contribution in [0.15, 0.2) is 23.1 Å². The van der Waals surface area contributed by atoms with E-state index in [9.17, 15) is 13.5 Å². The van der Waals surface area contributed by atoms with E-state index in [1.807, 2.05) is 0 Å². The molecule has 1 unspecified atom stereocenters. The molecule has 0 spiro atoms. The fraction of sp³-hybridized carbons (Fsp3) is 0.500. The number of hydrogen-bond acceptors (Lipinski definition) is 3. The maximum absolute atomic E-state index is 11.9. The van der Waals surface area contributed by atoms with Crippen molar-refractivity contribution in [2.75, 3.05) is 5.75 Å². The lowest BCUT2D eigenvalue weighted by molar-refractivity contribution is 0.469. The highest BCUT2D eigenvalue weighted by Crippen LogP contribution is 2.49. The standard InChI is InChI=1S/C12H14O3S/c13-9-3-4-11-10(8-1-2-8)5-6-16(14,15)12(11)7-9/h3-4,7-8,10,13H,1-2,5-6H2. The van der Waals surface area contributed by atoms with Crippen LogP contribution in [0, 0.1) is 5.92 Å². The third kappa shape index (κ3) is 1.52. The van der Waals surface area contributed by atoms with Gasteiger partial charge in [-0.15, -0.1) is 0 Å². The number of phenolic OH excluding ortho intramolecular Hbond substituents is 1. The van der Waals surface area contributed by atoms with Gasteiger partial charge in [0.25, 0.3) is 0 Å². The molecule has 16 heavy (non-hydrogen) atoms. The van der Waals surface area contributed by atoms with Gasteiger partial charge in [-0.2, -0.15) is 0 Å². The van der Waals surface area contributed by atoms with Crippen molar-refractivity contribution in [2.45, 2.75) is 30.1 Å². The van der Waals surface area contributed by atoms with Gasteiger partial charge in [0.2, 0.25) is 0 Å². The molecule has 2 aliphatic rings. The van der Waals surface area contributed by atoms with E-state index in [1.54, 1.807) is 12.1 Å². The summed E-state index contributed by atoms with van der Waals surface area (Å²) in [6, 6.07) is 4.78. The summed E-state index contributed by atoms with van der Waals surface area (Å²) in [5.74, 6) is 1.32. The number of benzene rings is 1. The van der Waals surface area contributed by atoms with Gasteiger partial charge in [0, 0.05) is 0 Å². The van der Waals surface area contributed by atoms with Gasteiger partial charge in [-0.1, -0.05) is 6.07 Å². The first kappa shape index (κ1) is 10.1. The Labute approximate surface area is 95.0 Å². The first-order valence-electron chi connectivity index (χ1n) is 5.63. The molecule has 0 saturated heterocycles. The Morgan fingerprint density at radius 2 is 1.94 bits per heavy atom. The van der Waals surface area contributed by atoms with Crippen LogP contribution < -0.4 is 0 Å². The molecule has 1 aliphatic heterocycles. The van der Waals surface area contributed by atoms with Crippen LogP contribution >= 0.6 is 0 Å². The van der Waals surface area contributed by atoms with Crippen molar-refractivity contribution in [3.63, 3.8) is 0 Å². The maximum Gasteiger partial charge on any atom is 0.178 e. The van der Waals surface area contributed by atoms with E-state index in [0.717, 1.165) is 12.0 Å². The van der Waals surface area contributed by atoms with Gasteiger partial charge in [-0.3, -0.25) is 0 Å².